The van der Waals surface area contributed by atoms with Crippen molar-refractivity contribution < 1.29 is 19.3 Å². The second-order valence-corrected chi connectivity index (χ2v) is 9.76. The molecule has 0 bridgehead atoms. The molecule has 0 saturated carbocycles. The van der Waals surface area contributed by atoms with E-state index < -0.39 is 4.92 Å². The number of aldehydes is 1. The zero-order valence-corrected chi connectivity index (χ0v) is 21.7. The number of aryl methyl sites for hydroxylation is 6. The first-order chi connectivity index (χ1) is 17.4. The molecule has 0 saturated heterocycles. The van der Waals surface area contributed by atoms with E-state index in [0.717, 1.165) is 44.6 Å². The number of nitro benzene ring substituents is 1. The van der Waals surface area contributed by atoms with Crippen molar-refractivity contribution in [3.63, 3.8) is 0 Å². The second-order valence-electron chi connectivity index (χ2n) is 9.76. The summed E-state index contributed by atoms with van der Waals surface area (Å²) in [6.45, 7) is 11.7. The first-order valence-corrected chi connectivity index (χ1v) is 11.9. The van der Waals surface area contributed by atoms with E-state index in [1.165, 1.54) is 17.7 Å². The van der Waals surface area contributed by atoms with Gasteiger partial charge in [0.2, 0.25) is 5.78 Å². The van der Waals surface area contributed by atoms with Gasteiger partial charge in [-0.15, -0.1) is 0 Å². The Balaban J connectivity index is 0.000000209. The molecule has 3 aromatic carbocycles. The third kappa shape index (κ3) is 4.60. The monoisotopic (exact) mass is 496 g/mol. The van der Waals surface area contributed by atoms with Crippen LogP contribution >= 0.6 is 0 Å². The number of nitro groups is 1. The Morgan fingerprint density at radius 2 is 1.30 bits per heavy atom. The molecular weight excluding hydrogens is 468 g/mol. The van der Waals surface area contributed by atoms with E-state index >= 15 is 0 Å². The van der Waals surface area contributed by atoms with E-state index in [1.54, 1.807) is 6.92 Å². The van der Waals surface area contributed by atoms with Crippen LogP contribution in [0.1, 0.15) is 70.0 Å². The van der Waals surface area contributed by atoms with Crippen LogP contribution in [-0.2, 0) is 6.42 Å². The van der Waals surface area contributed by atoms with E-state index in [1.807, 2.05) is 52.8 Å². The predicted molar refractivity (Wildman–Crippen MR) is 143 cm³/mol. The molecule has 3 aromatic rings. The minimum Gasteiger partial charge on any atom is -0.351 e. The summed E-state index contributed by atoms with van der Waals surface area (Å²) in [5.74, 6) is -0.0945. The number of rotatable bonds is 2. The summed E-state index contributed by atoms with van der Waals surface area (Å²) in [5.41, 5.74) is 10.5. The van der Waals surface area contributed by atoms with Crippen LogP contribution in [0.25, 0.3) is 0 Å². The molecule has 0 fully saturated rings. The predicted octanol–water partition coefficient (Wildman–Crippen LogP) is 6.25. The van der Waals surface area contributed by atoms with Crippen LogP contribution in [0.5, 0.6) is 0 Å². The molecule has 2 aliphatic rings. The lowest BCUT2D eigenvalue weighted by atomic mass is 10.0. The molecule has 188 valence electrons. The van der Waals surface area contributed by atoms with Crippen molar-refractivity contribution in [1.82, 2.24) is 0 Å². The molecule has 0 aromatic heterocycles. The summed E-state index contributed by atoms with van der Waals surface area (Å²) in [4.78, 5) is 46.1. The highest BCUT2D eigenvalue weighted by Gasteiger charge is 2.35. The molecule has 37 heavy (non-hydrogen) atoms. The minimum atomic E-state index is -0.545. The lowest BCUT2D eigenvalue weighted by Gasteiger charge is -2.04. The number of fused-ring (bicyclic) bond motifs is 2. The SMILES string of the molecule is Cc1cc(C=O)c([N+](=O)[O-])cc1C.Cc1cc2c(cc1C)C(=O)/C(=C1\Nc3cc(C)c(C)cc3C1=O)C2. The van der Waals surface area contributed by atoms with E-state index in [-0.39, 0.29) is 22.8 Å². The van der Waals surface area contributed by atoms with Crippen molar-refractivity contribution in [3.8, 4) is 0 Å². The van der Waals surface area contributed by atoms with Gasteiger partial charge in [-0.25, -0.2) is 0 Å². The number of benzene rings is 3. The molecule has 0 atom stereocenters. The molecule has 1 aliphatic heterocycles. The van der Waals surface area contributed by atoms with E-state index in [2.05, 4.69) is 11.4 Å². The van der Waals surface area contributed by atoms with Crippen molar-refractivity contribution in [2.24, 2.45) is 0 Å². The molecule has 0 amide bonds. The molecule has 1 N–H and O–H groups in total. The number of anilines is 1. The lowest BCUT2D eigenvalue weighted by molar-refractivity contribution is -0.385. The Hall–Kier alpha value is -4.39. The highest BCUT2D eigenvalue weighted by Crippen LogP contribution is 2.37. The van der Waals surface area contributed by atoms with Gasteiger partial charge in [0.1, 0.15) is 0 Å². The molecule has 0 radical (unpaired) electrons. The number of carbonyl (C=O) groups is 3. The number of Topliss-reactive ketones (excluding diaryl/α,β-unsaturated/α-hetero) is 2. The Bertz CT molecular complexity index is 1480. The first-order valence-electron chi connectivity index (χ1n) is 11.9. The van der Waals surface area contributed by atoms with Crippen LogP contribution in [0.4, 0.5) is 11.4 Å². The molecule has 1 aliphatic carbocycles. The summed E-state index contributed by atoms with van der Waals surface area (Å²) in [6, 6.07) is 10.9. The maximum absolute atomic E-state index is 12.8. The highest BCUT2D eigenvalue weighted by molar-refractivity contribution is 6.25. The summed E-state index contributed by atoms with van der Waals surface area (Å²) >= 11 is 0. The van der Waals surface area contributed by atoms with Gasteiger partial charge >= 0.3 is 0 Å². The molecule has 7 nitrogen and oxygen atoms in total. The second kappa shape index (κ2) is 9.58. The van der Waals surface area contributed by atoms with Gasteiger partial charge < -0.3 is 5.32 Å². The lowest BCUT2D eigenvalue weighted by Crippen LogP contribution is -2.09. The topological polar surface area (TPSA) is 106 Å². The normalized spacial score (nSPS) is 15.5. The maximum Gasteiger partial charge on any atom is 0.280 e. The summed E-state index contributed by atoms with van der Waals surface area (Å²) in [5, 5.41) is 13.7. The first kappa shape index (κ1) is 25.7. The number of hydrogen-bond donors (Lipinski definition) is 1. The van der Waals surface area contributed by atoms with Gasteiger partial charge in [-0.3, -0.25) is 24.5 Å². The van der Waals surface area contributed by atoms with Gasteiger partial charge in [0.05, 0.1) is 21.9 Å². The quantitative estimate of drug-likeness (QED) is 0.195. The van der Waals surface area contributed by atoms with Gasteiger partial charge in [-0.05, 0) is 105 Å². The largest absolute Gasteiger partial charge is 0.351 e. The highest BCUT2D eigenvalue weighted by atomic mass is 16.6. The molecule has 0 unspecified atom stereocenters. The maximum atomic E-state index is 12.8. The third-order valence-electron chi connectivity index (χ3n) is 7.24. The average Bonchev–Trinajstić information content (AvgIpc) is 3.32. The number of nitrogens with zero attached hydrogens (tertiary/aromatic N) is 1. The Kier molecular flexibility index (Phi) is 6.65. The van der Waals surface area contributed by atoms with E-state index in [0.29, 0.717) is 29.5 Å². The van der Waals surface area contributed by atoms with Crippen LogP contribution in [0.3, 0.4) is 0 Å². The Morgan fingerprint density at radius 1 is 0.757 bits per heavy atom. The number of ketones is 2. The van der Waals surface area contributed by atoms with Crippen LogP contribution in [-0.4, -0.2) is 22.8 Å². The van der Waals surface area contributed by atoms with Crippen LogP contribution in [0, 0.1) is 51.7 Å². The Morgan fingerprint density at radius 3 is 1.92 bits per heavy atom. The van der Waals surface area contributed by atoms with Crippen molar-refractivity contribution in [2.45, 2.75) is 48.0 Å². The number of carbonyl (C=O) groups excluding carboxylic acids is 3. The van der Waals surface area contributed by atoms with Gasteiger partial charge in [0.25, 0.3) is 5.69 Å². The standard InChI is InChI=1S/C21H19NO2.C9H9NO3/c1-10-5-14-9-17(20(23)15(14)6-11(10)2)19-21(24)16-7-12(3)13(4)8-18(16)22-19;1-6-3-8(5-11)9(10(12)13)4-7(6)2/h5-8,22H,9H2,1-4H3;3-5H,1-2H3/b19-17-;. The smallest absolute Gasteiger partial charge is 0.280 e. The van der Waals surface area contributed by atoms with Crippen molar-refractivity contribution >= 4 is 29.2 Å². The van der Waals surface area contributed by atoms with Gasteiger partial charge in [-0.1, -0.05) is 6.07 Å². The van der Waals surface area contributed by atoms with E-state index in [9.17, 15) is 24.5 Å². The van der Waals surface area contributed by atoms with Crippen LogP contribution < -0.4 is 5.32 Å². The fourth-order valence-electron chi connectivity index (χ4n) is 4.59. The zero-order chi connectivity index (χ0) is 27.2. The van der Waals surface area contributed by atoms with Crippen molar-refractivity contribution in [3.05, 3.63) is 113 Å². The molecule has 0 spiro atoms. The summed E-state index contributed by atoms with van der Waals surface area (Å²) < 4.78 is 0. The van der Waals surface area contributed by atoms with E-state index in [4.69, 9.17) is 0 Å². The summed E-state index contributed by atoms with van der Waals surface area (Å²) in [6.07, 6.45) is 1.03. The molecule has 5 rings (SSSR count). The fourth-order valence-corrected chi connectivity index (χ4v) is 4.59. The third-order valence-corrected chi connectivity index (χ3v) is 7.24. The number of hydrogen-bond acceptors (Lipinski definition) is 6. The number of nitrogens with one attached hydrogen (secondary N) is 1. The minimum absolute atomic E-state index is 0.0230. The fraction of sp³-hybridized carbons (Fsp3) is 0.233. The van der Waals surface area contributed by atoms with Gasteiger partial charge in [-0.2, -0.15) is 0 Å². The number of allylic oxidation sites excluding steroid dienone is 2. The van der Waals surface area contributed by atoms with Crippen LogP contribution in [0.2, 0.25) is 0 Å². The molecule has 7 heteroatoms. The Labute approximate surface area is 215 Å². The molecule has 1 heterocycles. The summed E-state index contributed by atoms with van der Waals surface area (Å²) in [7, 11) is 0. The van der Waals surface area contributed by atoms with Crippen LogP contribution in [0.15, 0.2) is 47.7 Å². The van der Waals surface area contributed by atoms with Crippen molar-refractivity contribution in [1.29, 1.82) is 0 Å². The van der Waals surface area contributed by atoms with Gasteiger partial charge in [0.15, 0.2) is 12.1 Å². The van der Waals surface area contributed by atoms with Gasteiger partial charge in [0, 0.05) is 29.2 Å². The molecular formula is C30H28N2O5. The zero-order valence-electron chi connectivity index (χ0n) is 21.7. The van der Waals surface area contributed by atoms with Crippen molar-refractivity contribution in [2.75, 3.05) is 5.32 Å². The average molecular weight is 497 g/mol.